The first-order chi connectivity index (χ1) is 6.79. The molecular weight excluding hydrogens is 180 g/mol. The first-order valence-electron chi connectivity index (χ1n) is 4.79. The molecule has 4 nitrogen and oxygen atoms in total. The molecule has 0 fully saturated rings. The fourth-order valence-electron chi connectivity index (χ4n) is 1.73. The lowest BCUT2D eigenvalue weighted by atomic mass is 10.0. The first kappa shape index (κ1) is 9.27. The second-order valence-electron chi connectivity index (χ2n) is 3.51. The van der Waals surface area contributed by atoms with Gasteiger partial charge in [0.05, 0.1) is 5.70 Å². The highest BCUT2D eigenvalue weighted by molar-refractivity contribution is 5.81. The summed E-state index contributed by atoms with van der Waals surface area (Å²) in [5, 5.41) is 5.92. The Morgan fingerprint density at radius 2 is 2.43 bits per heavy atom. The van der Waals surface area contributed by atoms with Crippen LogP contribution in [0.3, 0.4) is 0 Å². The predicted octanol–water partition coefficient (Wildman–Crippen LogP) is 0.284. The minimum absolute atomic E-state index is 0.0642. The molecule has 0 saturated heterocycles. The average molecular weight is 194 g/mol. The maximum Gasteiger partial charge on any atom is 0.262 e. The van der Waals surface area contributed by atoms with Crippen LogP contribution in [0.25, 0.3) is 0 Å². The quantitative estimate of drug-likeness (QED) is 0.664. The summed E-state index contributed by atoms with van der Waals surface area (Å²) in [6.45, 7) is 1.03. The average Bonchev–Trinajstić information content (AvgIpc) is 2.17. The molecule has 1 aliphatic carbocycles. The van der Waals surface area contributed by atoms with Crippen LogP contribution in [0.2, 0.25) is 0 Å². The van der Waals surface area contributed by atoms with Gasteiger partial charge in [-0.1, -0.05) is 5.57 Å². The van der Waals surface area contributed by atoms with E-state index in [1.165, 1.54) is 5.57 Å². The lowest BCUT2D eigenvalue weighted by Crippen LogP contribution is -2.34. The van der Waals surface area contributed by atoms with Crippen LogP contribution in [0.4, 0.5) is 0 Å². The van der Waals surface area contributed by atoms with Gasteiger partial charge in [-0.3, -0.25) is 4.79 Å². The molecule has 2 rings (SSSR count). The van der Waals surface area contributed by atoms with Crippen molar-refractivity contribution in [3.8, 4) is 0 Å². The number of likely N-dealkylation sites (N-methyl/N-ethyl adjacent to an activating group) is 1. The van der Waals surface area contributed by atoms with Gasteiger partial charge >= 0.3 is 0 Å². The molecule has 0 spiro atoms. The van der Waals surface area contributed by atoms with Crippen molar-refractivity contribution >= 4 is 5.91 Å². The first-order valence-corrected chi connectivity index (χ1v) is 4.79. The normalized spacial score (nSPS) is 20.9. The molecule has 0 atom stereocenters. The second kappa shape index (κ2) is 3.84. The molecule has 2 aliphatic rings. The Balaban J connectivity index is 2.15. The Labute approximate surface area is 83.0 Å². The van der Waals surface area contributed by atoms with Crippen molar-refractivity contribution in [2.24, 2.45) is 0 Å². The monoisotopic (exact) mass is 194 g/mol. The highest BCUT2D eigenvalue weighted by atomic mass is 16.5. The van der Waals surface area contributed by atoms with Crippen LogP contribution in [0.1, 0.15) is 12.8 Å². The predicted molar refractivity (Wildman–Crippen MR) is 52.4 cm³/mol. The fourth-order valence-corrected chi connectivity index (χ4v) is 1.73. The van der Waals surface area contributed by atoms with Crippen molar-refractivity contribution in [3.05, 3.63) is 23.1 Å². The summed E-state index contributed by atoms with van der Waals surface area (Å²) in [6, 6.07) is 0. The maximum atomic E-state index is 11.1. The molecule has 0 aromatic carbocycles. The van der Waals surface area contributed by atoms with Crippen molar-refractivity contribution in [1.29, 1.82) is 0 Å². The number of allylic oxidation sites excluding steroid dienone is 2. The molecule has 2 N–H and O–H groups in total. The zero-order valence-corrected chi connectivity index (χ0v) is 8.22. The standard InChI is InChI=1S/C10H14N2O2/c1-11-5-7-2-3-9-8(4-7)12-10(13)6-14-9/h4,11H,2-3,5-6H2,1H3,(H,12,13). The highest BCUT2D eigenvalue weighted by Gasteiger charge is 2.21. The van der Waals surface area contributed by atoms with Gasteiger partial charge in [-0.25, -0.2) is 0 Å². The number of amides is 1. The molecule has 1 aliphatic heterocycles. The topological polar surface area (TPSA) is 50.4 Å². The number of hydrogen-bond acceptors (Lipinski definition) is 3. The fraction of sp³-hybridized carbons (Fsp3) is 0.500. The second-order valence-corrected chi connectivity index (χ2v) is 3.51. The third kappa shape index (κ3) is 1.80. The van der Waals surface area contributed by atoms with Gasteiger partial charge in [-0.2, -0.15) is 0 Å². The van der Waals surface area contributed by atoms with Crippen molar-refractivity contribution in [2.45, 2.75) is 12.8 Å². The lowest BCUT2D eigenvalue weighted by Gasteiger charge is -2.24. The highest BCUT2D eigenvalue weighted by Crippen LogP contribution is 2.24. The molecule has 14 heavy (non-hydrogen) atoms. The van der Waals surface area contributed by atoms with E-state index >= 15 is 0 Å². The van der Waals surface area contributed by atoms with Gasteiger partial charge in [0.1, 0.15) is 5.76 Å². The minimum atomic E-state index is -0.0642. The van der Waals surface area contributed by atoms with E-state index in [1.54, 1.807) is 0 Å². The van der Waals surface area contributed by atoms with E-state index in [0.717, 1.165) is 30.8 Å². The largest absolute Gasteiger partial charge is 0.486 e. The molecule has 0 aromatic rings. The van der Waals surface area contributed by atoms with Gasteiger partial charge in [-0.05, 0) is 19.5 Å². The van der Waals surface area contributed by atoms with Gasteiger partial charge in [0.2, 0.25) is 0 Å². The van der Waals surface area contributed by atoms with Gasteiger partial charge in [0, 0.05) is 13.0 Å². The number of nitrogens with one attached hydrogen (secondary N) is 2. The van der Waals surface area contributed by atoms with Crippen LogP contribution >= 0.6 is 0 Å². The molecular formula is C10H14N2O2. The third-order valence-electron chi connectivity index (χ3n) is 2.38. The van der Waals surface area contributed by atoms with Crippen LogP contribution in [0, 0.1) is 0 Å². The summed E-state index contributed by atoms with van der Waals surface area (Å²) in [5.41, 5.74) is 2.15. The molecule has 0 aromatic heterocycles. The number of ether oxygens (including phenoxy) is 1. The molecule has 1 heterocycles. The smallest absolute Gasteiger partial charge is 0.262 e. The Hall–Kier alpha value is -1.29. The number of rotatable bonds is 2. The van der Waals surface area contributed by atoms with Crippen molar-refractivity contribution in [1.82, 2.24) is 10.6 Å². The maximum absolute atomic E-state index is 11.1. The molecule has 0 saturated carbocycles. The van der Waals surface area contributed by atoms with Gasteiger partial charge in [0.15, 0.2) is 6.61 Å². The van der Waals surface area contributed by atoms with Crippen LogP contribution in [0.5, 0.6) is 0 Å². The van der Waals surface area contributed by atoms with Crippen molar-refractivity contribution in [2.75, 3.05) is 20.2 Å². The summed E-state index contributed by atoms with van der Waals surface area (Å²) >= 11 is 0. The van der Waals surface area contributed by atoms with Crippen molar-refractivity contribution in [3.63, 3.8) is 0 Å². The minimum Gasteiger partial charge on any atom is -0.486 e. The van der Waals surface area contributed by atoms with Crippen LogP contribution < -0.4 is 10.6 Å². The van der Waals surface area contributed by atoms with E-state index in [2.05, 4.69) is 10.6 Å². The Kier molecular flexibility index (Phi) is 2.54. The van der Waals surface area contributed by atoms with Gasteiger partial charge in [0.25, 0.3) is 5.91 Å². The molecule has 76 valence electrons. The summed E-state index contributed by atoms with van der Waals surface area (Å²) in [7, 11) is 1.92. The van der Waals surface area contributed by atoms with Gasteiger partial charge < -0.3 is 15.4 Å². The van der Waals surface area contributed by atoms with Crippen molar-refractivity contribution < 1.29 is 9.53 Å². The van der Waals surface area contributed by atoms with Crippen LogP contribution in [0.15, 0.2) is 23.1 Å². The summed E-state index contributed by atoms with van der Waals surface area (Å²) in [4.78, 5) is 11.1. The van der Waals surface area contributed by atoms with Crippen LogP contribution in [-0.2, 0) is 9.53 Å². The number of hydrogen-bond donors (Lipinski definition) is 2. The van der Waals surface area contributed by atoms with E-state index in [0.29, 0.717) is 0 Å². The van der Waals surface area contributed by atoms with E-state index in [-0.39, 0.29) is 12.5 Å². The zero-order chi connectivity index (χ0) is 9.97. The molecule has 0 radical (unpaired) electrons. The summed E-state index contributed by atoms with van der Waals surface area (Å²) in [6.07, 6.45) is 3.91. The molecule has 0 bridgehead atoms. The van der Waals surface area contributed by atoms with E-state index in [1.807, 2.05) is 13.1 Å². The number of carbonyl (C=O) groups excluding carboxylic acids is 1. The van der Waals surface area contributed by atoms with Gasteiger partial charge in [-0.15, -0.1) is 0 Å². The lowest BCUT2D eigenvalue weighted by molar-refractivity contribution is -0.125. The van der Waals surface area contributed by atoms with E-state index < -0.39 is 0 Å². The Morgan fingerprint density at radius 1 is 1.57 bits per heavy atom. The van der Waals surface area contributed by atoms with E-state index in [4.69, 9.17) is 4.74 Å². The molecule has 4 heteroatoms. The zero-order valence-electron chi connectivity index (χ0n) is 8.22. The Morgan fingerprint density at radius 3 is 3.21 bits per heavy atom. The third-order valence-corrected chi connectivity index (χ3v) is 2.38. The SMILES string of the molecule is CNCC1=CC2=C(CC1)OCC(=O)N2. The van der Waals surface area contributed by atoms with Crippen LogP contribution in [-0.4, -0.2) is 26.1 Å². The van der Waals surface area contributed by atoms with E-state index in [9.17, 15) is 4.79 Å². The number of carbonyl (C=O) groups is 1. The summed E-state index contributed by atoms with van der Waals surface area (Å²) < 4.78 is 5.32. The Bertz CT molecular complexity index is 318. The summed E-state index contributed by atoms with van der Waals surface area (Å²) in [5.74, 6) is 0.857. The molecule has 0 unspecified atom stereocenters. The molecule has 1 amide bonds.